The molecule has 1 saturated heterocycles. The zero-order valence-electron chi connectivity index (χ0n) is 8.96. The molecule has 0 saturated carbocycles. The third-order valence-corrected chi connectivity index (χ3v) is 4.21. The molecule has 1 aliphatic heterocycles. The SMILES string of the molecule is Nc1sccc1-c1nc(C2CSCCO2)no1. The fourth-order valence-corrected chi connectivity index (χ4v) is 3.08. The third kappa shape index (κ3) is 2.18. The van der Waals surface area contributed by atoms with E-state index in [-0.39, 0.29) is 6.10 Å². The minimum atomic E-state index is -0.0638. The highest BCUT2D eigenvalue weighted by molar-refractivity contribution is 7.99. The van der Waals surface area contributed by atoms with E-state index >= 15 is 0 Å². The summed E-state index contributed by atoms with van der Waals surface area (Å²) in [6.07, 6.45) is -0.0638. The van der Waals surface area contributed by atoms with E-state index < -0.39 is 0 Å². The van der Waals surface area contributed by atoms with Crippen molar-refractivity contribution in [2.24, 2.45) is 0 Å². The van der Waals surface area contributed by atoms with Gasteiger partial charge in [-0.1, -0.05) is 5.16 Å². The Labute approximate surface area is 106 Å². The van der Waals surface area contributed by atoms with Gasteiger partial charge in [0, 0.05) is 11.5 Å². The highest BCUT2D eigenvalue weighted by atomic mass is 32.2. The summed E-state index contributed by atoms with van der Waals surface area (Å²) in [5, 5.41) is 6.56. The number of ether oxygens (including phenoxy) is 1. The highest BCUT2D eigenvalue weighted by Gasteiger charge is 2.23. The second kappa shape index (κ2) is 4.67. The zero-order valence-corrected chi connectivity index (χ0v) is 10.6. The predicted octanol–water partition coefficient (Wildman–Crippen LogP) is 2.18. The first-order chi connectivity index (χ1) is 8.34. The van der Waals surface area contributed by atoms with Crippen LogP contribution in [0, 0.1) is 0 Å². The molecule has 1 atom stereocenters. The van der Waals surface area contributed by atoms with Crippen LogP contribution in [-0.4, -0.2) is 28.3 Å². The molecule has 1 unspecified atom stereocenters. The number of nitrogens with zero attached hydrogens (tertiary/aromatic N) is 2. The van der Waals surface area contributed by atoms with Crippen molar-refractivity contribution in [3.05, 3.63) is 17.3 Å². The standard InChI is InChI=1S/C10H11N3O2S2/c11-8-6(1-3-17-8)10-12-9(13-15-10)7-5-16-4-2-14-7/h1,3,7H,2,4-5,11H2. The summed E-state index contributed by atoms with van der Waals surface area (Å²) >= 11 is 3.30. The molecule has 0 aliphatic carbocycles. The van der Waals surface area contributed by atoms with Crippen molar-refractivity contribution in [2.45, 2.75) is 6.10 Å². The van der Waals surface area contributed by atoms with Gasteiger partial charge in [0.15, 0.2) is 0 Å². The summed E-state index contributed by atoms with van der Waals surface area (Å²) < 4.78 is 10.8. The lowest BCUT2D eigenvalue weighted by Gasteiger charge is -2.18. The van der Waals surface area contributed by atoms with Gasteiger partial charge in [-0.3, -0.25) is 0 Å². The predicted molar refractivity (Wildman–Crippen MR) is 68.0 cm³/mol. The summed E-state index contributed by atoms with van der Waals surface area (Å²) in [6, 6.07) is 1.88. The lowest BCUT2D eigenvalue weighted by molar-refractivity contribution is 0.0677. The normalized spacial score (nSPS) is 20.6. The van der Waals surface area contributed by atoms with Gasteiger partial charge >= 0.3 is 0 Å². The van der Waals surface area contributed by atoms with Crippen molar-refractivity contribution < 1.29 is 9.26 Å². The fourth-order valence-electron chi connectivity index (χ4n) is 1.61. The quantitative estimate of drug-likeness (QED) is 0.900. The first-order valence-corrected chi connectivity index (χ1v) is 7.24. The summed E-state index contributed by atoms with van der Waals surface area (Å²) in [4.78, 5) is 4.35. The van der Waals surface area contributed by atoms with E-state index in [2.05, 4.69) is 10.1 Å². The van der Waals surface area contributed by atoms with E-state index in [0.717, 1.165) is 23.7 Å². The minimum Gasteiger partial charge on any atom is -0.390 e. The average Bonchev–Trinajstić information content (AvgIpc) is 2.98. The Hall–Kier alpha value is -1.05. The van der Waals surface area contributed by atoms with E-state index in [1.54, 1.807) is 0 Å². The smallest absolute Gasteiger partial charge is 0.261 e. The van der Waals surface area contributed by atoms with Gasteiger partial charge in [0.05, 0.1) is 17.2 Å². The summed E-state index contributed by atoms with van der Waals surface area (Å²) in [6.45, 7) is 0.736. The van der Waals surface area contributed by atoms with Crippen molar-refractivity contribution in [3.8, 4) is 11.5 Å². The number of aromatic nitrogens is 2. The van der Waals surface area contributed by atoms with Crippen molar-refractivity contribution in [1.29, 1.82) is 0 Å². The lowest BCUT2D eigenvalue weighted by Crippen LogP contribution is -2.16. The molecular formula is C10H11N3O2S2. The van der Waals surface area contributed by atoms with Crippen molar-refractivity contribution in [2.75, 3.05) is 23.8 Å². The van der Waals surface area contributed by atoms with Crippen molar-refractivity contribution >= 4 is 28.1 Å². The number of hydrogen-bond acceptors (Lipinski definition) is 7. The van der Waals surface area contributed by atoms with Crippen LogP contribution in [0.25, 0.3) is 11.5 Å². The Morgan fingerprint density at radius 2 is 2.41 bits per heavy atom. The largest absolute Gasteiger partial charge is 0.390 e. The van der Waals surface area contributed by atoms with Crippen LogP contribution in [0.4, 0.5) is 5.00 Å². The summed E-state index contributed by atoms with van der Waals surface area (Å²) in [7, 11) is 0. The molecule has 5 nitrogen and oxygen atoms in total. The number of thiophene rings is 1. The highest BCUT2D eigenvalue weighted by Crippen LogP contribution is 2.31. The Morgan fingerprint density at radius 3 is 3.12 bits per heavy atom. The second-order valence-electron chi connectivity index (χ2n) is 3.59. The molecule has 90 valence electrons. The topological polar surface area (TPSA) is 74.2 Å². The average molecular weight is 269 g/mol. The number of hydrogen-bond donors (Lipinski definition) is 1. The van der Waals surface area contributed by atoms with E-state index in [1.165, 1.54) is 11.3 Å². The molecule has 2 N–H and O–H groups in total. The van der Waals surface area contributed by atoms with Gasteiger partial charge < -0.3 is 15.0 Å². The van der Waals surface area contributed by atoms with E-state index in [9.17, 15) is 0 Å². The van der Waals surface area contributed by atoms with Crippen molar-refractivity contribution in [1.82, 2.24) is 10.1 Å². The Kier molecular flexibility index (Phi) is 3.04. The van der Waals surface area contributed by atoms with Crippen molar-refractivity contribution in [3.63, 3.8) is 0 Å². The molecule has 0 bridgehead atoms. The molecular weight excluding hydrogens is 258 g/mol. The number of nitrogen functional groups attached to an aromatic ring is 1. The van der Waals surface area contributed by atoms with Gasteiger partial charge in [-0.25, -0.2) is 0 Å². The van der Waals surface area contributed by atoms with Crippen LogP contribution < -0.4 is 5.73 Å². The van der Waals surface area contributed by atoms with Crippen LogP contribution in [-0.2, 0) is 4.74 Å². The zero-order chi connectivity index (χ0) is 11.7. The van der Waals surface area contributed by atoms with Gasteiger partial charge in [-0.05, 0) is 11.4 Å². The summed E-state index contributed by atoms with van der Waals surface area (Å²) in [5.41, 5.74) is 6.62. The molecule has 1 aliphatic rings. The van der Waals surface area contributed by atoms with Crippen LogP contribution in [0.3, 0.4) is 0 Å². The lowest BCUT2D eigenvalue weighted by atomic mass is 10.3. The molecule has 17 heavy (non-hydrogen) atoms. The van der Waals surface area contributed by atoms with E-state index in [0.29, 0.717) is 16.7 Å². The minimum absolute atomic E-state index is 0.0638. The Bertz CT molecular complexity index is 505. The molecule has 3 rings (SSSR count). The molecule has 1 fully saturated rings. The molecule has 0 amide bonds. The monoisotopic (exact) mass is 269 g/mol. The number of thioether (sulfide) groups is 1. The van der Waals surface area contributed by atoms with Gasteiger partial charge in [0.25, 0.3) is 5.89 Å². The molecule has 2 aromatic heterocycles. The molecule has 3 heterocycles. The van der Waals surface area contributed by atoms with E-state index in [1.807, 2.05) is 23.2 Å². The molecule has 0 radical (unpaired) electrons. The number of rotatable bonds is 2. The maximum atomic E-state index is 5.82. The van der Waals surface area contributed by atoms with Crippen LogP contribution in [0.15, 0.2) is 16.0 Å². The maximum absolute atomic E-state index is 5.82. The molecule has 7 heteroatoms. The van der Waals surface area contributed by atoms with Gasteiger partial charge in [0.2, 0.25) is 5.82 Å². The van der Waals surface area contributed by atoms with Gasteiger partial charge in [-0.15, -0.1) is 11.3 Å². The Morgan fingerprint density at radius 1 is 1.47 bits per heavy atom. The summed E-state index contributed by atoms with van der Waals surface area (Å²) in [5.74, 6) is 2.98. The fraction of sp³-hybridized carbons (Fsp3) is 0.400. The van der Waals surface area contributed by atoms with Gasteiger partial charge in [0.1, 0.15) is 6.10 Å². The second-order valence-corrected chi connectivity index (χ2v) is 5.69. The first-order valence-electron chi connectivity index (χ1n) is 5.21. The molecule has 0 spiro atoms. The van der Waals surface area contributed by atoms with Crippen LogP contribution in [0.5, 0.6) is 0 Å². The van der Waals surface area contributed by atoms with Crippen LogP contribution in [0.2, 0.25) is 0 Å². The first kappa shape index (κ1) is 11.1. The number of anilines is 1. The maximum Gasteiger partial charge on any atom is 0.261 e. The third-order valence-electron chi connectivity index (χ3n) is 2.47. The molecule has 2 aromatic rings. The van der Waals surface area contributed by atoms with Crippen LogP contribution in [0.1, 0.15) is 11.9 Å². The molecule has 0 aromatic carbocycles. The Balaban J connectivity index is 1.85. The number of nitrogens with two attached hydrogens (primary N) is 1. The van der Waals surface area contributed by atoms with Gasteiger partial charge in [-0.2, -0.15) is 16.7 Å². The van der Waals surface area contributed by atoms with E-state index in [4.69, 9.17) is 15.0 Å². The van der Waals surface area contributed by atoms with Crippen LogP contribution >= 0.6 is 23.1 Å².